The number of halogens is 2. The third kappa shape index (κ3) is 2.01. The van der Waals surface area contributed by atoms with Gasteiger partial charge in [0.2, 0.25) is 0 Å². The van der Waals surface area contributed by atoms with Gasteiger partial charge in [0.05, 0.1) is 7.11 Å². The van der Waals surface area contributed by atoms with Gasteiger partial charge in [-0.3, -0.25) is 0 Å². The van der Waals surface area contributed by atoms with E-state index >= 15 is 0 Å². The van der Waals surface area contributed by atoms with Crippen LogP contribution in [-0.2, 0) is 0 Å². The van der Waals surface area contributed by atoms with Gasteiger partial charge < -0.3 is 10.5 Å². The Bertz CT molecular complexity index is 328. The molecule has 78 valence electrons. The van der Waals surface area contributed by atoms with Gasteiger partial charge >= 0.3 is 0 Å². The summed E-state index contributed by atoms with van der Waals surface area (Å²) in [6.45, 7) is 2.00. The lowest BCUT2D eigenvalue weighted by Gasteiger charge is -2.12. The van der Waals surface area contributed by atoms with Crippen molar-refractivity contribution in [3.05, 3.63) is 29.3 Å². The first-order valence-corrected chi connectivity index (χ1v) is 4.33. The smallest absolute Gasteiger partial charge is 0.168 e. The molecule has 0 bridgehead atoms. The fourth-order valence-corrected chi connectivity index (χ4v) is 1.22. The molecule has 4 heteroatoms. The number of nitrogens with two attached hydrogens (primary N) is 1. The lowest BCUT2D eigenvalue weighted by Crippen LogP contribution is -2.11. The van der Waals surface area contributed by atoms with Crippen molar-refractivity contribution in [2.24, 2.45) is 5.73 Å². The maximum Gasteiger partial charge on any atom is 0.168 e. The van der Waals surface area contributed by atoms with Crippen LogP contribution in [0.15, 0.2) is 12.1 Å². The van der Waals surface area contributed by atoms with Crippen molar-refractivity contribution in [3.63, 3.8) is 0 Å². The highest BCUT2D eigenvalue weighted by Crippen LogP contribution is 2.27. The molecule has 0 saturated heterocycles. The Morgan fingerprint density at radius 1 is 1.43 bits per heavy atom. The molecule has 2 N–H and O–H groups in total. The van der Waals surface area contributed by atoms with Gasteiger partial charge in [-0.25, -0.2) is 8.78 Å². The minimum Gasteiger partial charge on any atom is -0.494 e. The normalized spacial score (nSPS) is 12.6. The maximum atomic E-state index is 13.5. The lowest BCUT2D eigenvalue weighted by atomic mass is 10.0. The SMILES string of the molecule is COc1cc(F)cc(C(C)CN)c1F. The Hall–Kier alpha value is -1.16. The molecule has 0 spiro atoms. The van der Waals surface area contributed by atoms with Gasteiger partial charge in [-0.2, -0.15) is 0 Å². The lowest BCUT2D eigenvalue weighted by molar-refractivity contribution is 0.378. The van der Waals surface area contributed by atoms with Crippen LogP contribution in [0, 0.1) is 11.6 Å². The van der Waals surface area contributed by atoms with Crippen molar-refractivity contribution in [2.45, 2.75) is 12.8 Å². The van der Waals surface area contributed by atoms with Gasteiger partial charge in [-0.1, -0.05) is 6.92 Å². The first-order chi connectivity index (χ1) is 6.60. The van der Waals surface area contributed by atoms with E-state index in [-0.39, 0.29) is 23.8 Å². The molecule has 1 atom stereocenters. The molecular weight excluding hydrogens is 188 g/mol. The van der Waals surface area contributed by atoms with Crippen LogP contribution in [0.25, 0.3) is 0 Å². The van der Waals surface area contributed by atoms with Crippen LogP contribution >= 0.6 is 0 Å². The van der Waals surface area contributed by atoms with E-state index in [4.69, 9.17) is 10.5 Å². The molecule has 1 aromatic rings. The average Bonchev–Trinajstić information content (AvgIpc) is 2.19. The van der Waals surface area contributed by atoms with Crippen LogP contribution in [-0.4, -0.2) is 13.7 Å². The summed E-state index contributed by atoms with van der Waals surface area (Å²) >= 11 is 0. The molecule has 0 radical (unpaired) electrons. The molecule has 0 aliphatic rings. The standard InChI is InChI=1S/C10H13F2NO/c1-6(5-13)8-3-7(11)4-9(14-2)10(8)12/h3-4,6H,5,13H2,1-2H3. The van der Waals surface area contributed by atoms with Crippen LogP contribution < -0.4 is 10.5 Å². The van der Waals surface area contributed by atoms with E-state index in [1.165, 1.54) is 7.11 Å². The first kappa shape index (κ1) is 10.9. The zero-order valence-corrected chi connectivity index (χ0v) is 8.18. The second kappa shape index (κ2) is 4.37. The molecule has 1 unspecified atom stereocenters. The van der Waals surface area contributed by atoms with Gasteiger partial charge in [0.15, 0.2) is 11.6 Å². The van der Waals surface area contributed by atoms with Crippen LogP contribution in [0.2, 0.25) is 0 Å². The van der Waals surface area contributed by atoms with E-state index in [9.17, 15) is 8.78 Å². The van der Waals surface area contributed by atoms with Crippen molar-refractivity contribution >= 4 is 0 Å². The van der Waals surface area contributed by atoms with Crippen LogP contribution in [0.1, 0.15) is 18.4 Å². The Labute approximate surface area is 81.7 Å². The Morgan fingerprint density at radius 3 is 2.57 bits per heavy atom. The molecule has 0 heterocycles. The summed E-state index contributed by atoms with van der Waals surface area (Å²) in [5.41, 5.74) is 5.64. The fraction of sp³-hybridized carbons (Fsp3) is 0.400. The Kier molecular flexibility index (Phi) is 3.41. The van der Waals surface area contributed by atoms with Crippen LogP contribution in [0.4, 0.5) is 8.78 Å². The second-order valence-electron chi connectivity index (χ2n) is 3.15. The van der Waals surface area contributed by atoms with Gasteiger partial charge in [0.25, 0.3) is 0 Å². The summed E-state index contributed by atoms with van der Waals surface area (Å²) in [6, 6.07) is 2.16. The number of hydrogen-bond acceptors (Lipinski definition) is 2. The third-order valence-corrected chi connectivity index (χ3v) is 2.14. The number of methoxy groups -OCH3 is 1. The molecule has 0 aliphatic carbocycles. The van der Waals surface area contributed by atoms with E-state index in [0.29, 0.717) is 0 Å². The highest BCUT2D eigenvalue weighted by Gasteiger charge is 2.15. The quantitative estimate of drug-likeness (QED) is 0.812. The maximum absolute atomic E-state index is 13.5. The average molecular weight is 201 g/mol. The number of hydrogen-bond donors (Lipinski definition) is 1. The third-order valence-electron chi connectivity index (χ3n) is 2.14. The van der Waals surface area contributed by atoms with Gasteiger partial charge in [0, 0.05) is 6.07 Å². The second-order valence-corrected chi connectivity index (χ2v) is 3.15. The van der Waals surface area contributed by atoms with Gasteiger partial charge in [0.1, 0.15) is 5.82 Å². The summed E-state index contributed by atoms with van der Waals surface area (Å²) < 4.78 is 31.3. The molecule has 0 aromatic heterocycles. The molecular formula is C10H13F2NO. The molecule has 0 aliphatic heterocycles. The van der Waals surface area contributed by atoms with Crippen molar-refractivity contribution in [1.29, 1.82) is 0 Å². The monoisotopic (exact) mass is 201 g/mol. The summed E-state index contributed by atoms with van der Waals surface area (Å²) in [5.74, 6) is -1.36. The van der Waals surface area contributed by atoms with E-state index in [0.717, 1.165) is 12.1 Å². The molecule has 1 aromatic carbocycles. The van der Waals surface area contributed by atoms with E-state index in [1.54, 1.807) is 6.92 Å². The summed E-state index contributed by atoms with van der Waals surface area (Å²) in [6.07, 6.45) is 0. The van der Waals surface area contributed by atoms with Crippen molar-refractivity contribution in [1.82, 2.24) is 0 Å². The predicted molar refractivity (Wildman–Crippen MR) is 50.4 cm³/mol. The molecule has 0 saturated carbocycles. The minimum absolute atomic E-state index is 0.0831. The number of ether oxygens (including phenoxy) is 1. The molecule has 2 nitrogen and oxygen atoms in total. The zero-order valence-electron chi connectivity index (χ0n) is 8.18. The van der Waals surface area contributed by atoms with Crippen LogP contribution in [0.5, 0.6) is 5.75 Å². The number of rotatable bonds is 3. The minimum atomic E-state index is -0.535. The predicted octanol–water partition coefficient (Wildman–Crippen LogP) is 2.04. The van der Waals surface area contributed by atoms with Crippen molar-refractivity contribution < 1.29 is 13.5 Å². The van der Waals surface area contributed by atoms with Crippen molar-refractivity contribution in [2.75, 3.05) is 13.7 Å². The van der Waals surface area contributed by atoms with E-state index < -0.39 is 11.6 Å². The highest BCUT2D eigenvalue weighted by atomic mass is 19.1. The van der Waals surface area contributed by atoms with Gasteiger partial charge in [-0.05, 0) is 24.1 Å². The topological polar surface area (TPSA) is 35.2 Å². The Morgan fingerprint density at radius 2 is 2.07 bits per heavy atom. The summed E-state index contributed by atoms with van der Waals surface area (Å²) in [4.78, 5) is 0. The summed E-state index contributed by atoms with van der Waals surface area (Å²) in [5, 5.41) is 0. The van der Waals surface area contributed by atoms with Crippen molar-refractivity contribution in [3.8, 4) is 5.75 Å². The fourth-order valence-electron chi connectivity index (χ4n) is 1.22. The Balaban J connectivity index is 3.21. The summed E-state index contributed by atoms with van der Waals surface area (Å²) in [7, 11) is 1.30. The molecule has 0 amide bonds. The largest absolute Gasteiger partial charge is 0.494 e. The van der Waals surface area contributed by atoms with Gasteiger partial charge in [-0.15, -0.1) is 0 Å². The molecule has 1 rings (SSSR count). The number of benzene rings is 1. The van der Waals surface area contributed by atoms with E-state index in [2.05, 4.69) is 0 Å². The highest BCUT2D eigenvalue weighted by molar-refractivity contribution is 5.34. The van der Waals surface area contributed by atoms with E-state index in [1.807, 2.05) is 0 Å². The molecule has 14 heavy (non-hydrogen) atoms. The molecule has 0 fully saturated rings. The first-order valence-electron chi connectivity index (χ1n) is 4.33. The zero-order chi connectivity index (χ0) is 10.7. The van der Waals surface area contributed by atoms with Crippen LogP contribution in [0.3, 0.4) is 0 Å².